The SMILES string of the molecule is Cc1ccc(S(=O)(=O)NC2CCN(Cc3ccccc3)CC2)cc1C(=O)O. The molecule has 0 aromatic heterocycles. The average molecular weight is 388 g/mol. The maximum atomic E-state index is 12.6. The van der Waals surface area contributed by atoms with Crippen molar-refractivity contribution in [3.8, 4) is 0 Å². The zero-order chi connectivity index (χ0) is 19.4. The predicted molar refractivity (Wildman–Crippen MR) is 103 cm³/mol. The van der Waals surface area contributed by atoms with Gasteiger partial charge in [-0.3, -0.25) is 4.90 Å². The van der Waals surface area contributed by atoms with E-state index in [4.69, 9.17) is 0 Å². The van der Waals surface area contributed by atoms with Crippen molar-refractivity contribution in [1.29, 1.82) is 0 Å². The topological polar surface area (TPSA) is 86.7 Å². The molecule has 1 aliphatic rings. The fourth-order valence-corrected chi connectivity index (χ4v) is 4.67. The number of likely N-dealkylation sites (tertiary alicyclic amines) is 1. The van der Waals surface area contributed by atoms with Crippen molar-refractivity contribution in [1.82, 2.24) is 9.62 Å². The molecule has 144 valence electrons. The van der Waals surface area contributed by atoms with Crippen LogP contribution in [0.1, 0.15) is 34.3 Å². The van der Waals surface area contributed by atoms with Gasteiger partial charge in [0.25, 0.3) is 0 Å². The predicted octanol–water partition coefficient (Wildman–Crippen LogP) is 2.64. The van der Waals surface area contributed by atoms with Crippen LogP contribution in [0, 0.1) is 6.92 Å². The minimum Gasteiger partial charge on any atom is -0.478 e. The van der Waals surface area contributed by atoms with Gasteiger partial charge in [-0.1, -0.05) is 36.4 Å². The maximum Gasteiger partial charge on any atom is 0.335 e. The third-order valence-corrected chi connectivity index (χ3v) is 6.43. The van der Waals surface area contributed by atoms with E-state index in [9.17, 15) is 18.3 Å². The van der Waals surface area contributed by atoms with Gasteiger partial charge in [0.1, 0.15) is 0 Å². The van der Waals surface area contributed by atoms with E-state index >= 15 is 0 Å². The van der Waals surface area contributed by atoms with Gasteiger partial charge in [-0.15, -0.1) is 0 Å². The Kier molecular flexibility index (Phi) is 5.94. The standard InChI is InChI=1S/C20H24N2O4S/c1-15-7-8-18(13-19(15)20(23)24)27(25,26)21-17-9-11-22(12-10-17)14-16-5-3-2-4-6-16/h2-8,13,17,21H,9-12,14H2,1H3,(H,23,24). The molecular formula is C20H24N2O4S. The van der Waals surface area contributed by atoms with Crippen molar-refractivity contribution in [2.45, 2.75) is 37.2 Å². The van der Waals surface area contributed by atoms with Crippen molar-refractivity contribution >= 4 is 16.0 Å². The first-order chi connectivity index (χ1) is 12.8. The lowest BCUT2D eigenvalue weighted by Crippen LogP contribution is -2.44. The minimum absolute atomic E-state index is 0.00258. The van der Waals surface area contributed by atoms with Gasteiger partial charge < -0.3 is 5.11 Å². The molecule has 2 aromatic rings. The lowest BCUT2D eigenvalue weighted by molar-refractivity contribution is 0.0696. The van der Waals surface area contributed by atoms with E-state index in [1.807, 2.05) is 18.2 Å². The number of nitrogens with zero attached hydrogens (tertiary/aromatic N) is 1. The number of sulfonamides is 1. The van der Waals surface area contributed by atoms with Crippen molar-refractivity contribution < 1.29 is 18.3 Å². The summed E-state index contributed by atoms with van der Waals surface area (Å²) in [4.78, 5) is 13.6. The molecule has 1 fully saturated rings. The molecule has 6 nitrogen and oxygen atoms in total. The second-order valence-corrected chi connectivity index (χ2v) is 8.65. The van der Waals surface area contributed by atoms with Crippen LogP contribution < -0.4 is 4.72 Å². The smallest absolute Gasteiger partial charge is 0.335 e. The molecule has 3 rings (SSSR count). The van der Waals surface area contributed by atoms with Crippen molar-refractivity contribution in [2.75, 3.05) is 13.1 Å². The monoisotopic (exact) mass is 388 g/mol. The molecule has 0 spiro atoms. The van der Waals surface area contributed by atoms with E-state index in [0.29, 0.717) is 5.56 Å². The van der Waals surface area contributed by atoms with E-state index in [2.05, 4.69) is 21.8 Å². The van der Waals surface area contributed by atoms with Crippen molar-refractivity contribution in [3.63, 3.8) is 0 Å². The molecule has 1 heterocycles. The summed E-state index contributed by atoms with van der Waals surface area (Å²) in [7, 11) is -3.74. The summed E-state index contributed by atoms with van der Waals surface area (Å²) >= 11 is 0. The van der Waals surface area contributed by atoms with Crippen LogP contribution in [-0.2, 0) is 16.6 Å². The summed E-state index contributed by atoms with van der Waals surface area (Å²) in [6.45, 7) is 4.14. The Balaban J connectivity index is 1.61. The highest BCUT2D eigenvalue weighted by atomic mass is 32.2. The number of hydrogen-bond donors (Lipinski definition) is 2. The molecule has 0 saturated carbocycles. The zero-order valence-electron chi connectivity index (χ0n) is 15.3. The molecule has 0 amide bonds. The highest BCUT2D eigenvalue weighted by Crippen LogP contribution is 2.19. The summed E-state index contributed by atoms with van der Waals surface area (Å²) in [5.41, 5.74) is 1.80. The summed E-state index contributed by atoms with van der Waals surface area (Å²) in [5, 5.41) is 9.21. The number of carboxylic acids is 1. The van der Waals surface area contributed by atoms with Crippen LogP contribution in [-0.4, -0.2) is 43.5 Å². The fraction of sp³-hybridized carbons (Fsp3) is 0.350. The van der Waals surface area contributed by atoms with Gasteiger partial charge >= 0.3 is 5.97 Å². The number of benzene rings is 2. The van der Waals surface area contributed by atoms with E-state index in [1.165, 1.54) is 23.8 Å². The van der Waals surface area contributed by atoms with Crippen LogP contribution in [0.4, 0.5) is 0 Å². The van der Waals surface area contributed by atoms with Crippen LogP contribution in [0.15, 0.2) is 53.4 Å². The molecule has 27 heavy (non-hydrogen) atoms. The van der Waals surface area contributed by atoms with Gasteiger partial charge in [0.2, 0.25) is 10.0 Å². The summed E-state index contributed by atoms with van der Waals surface area (Å²) in [6.07, 6.45) is 1.45. The number of carboxylic acid groups (broad SMARTS) is 1. The number of piperidine rings is 1. The summed E-state index contributed by atoms with van der Waals surface area (Å²) < 4.78 is 28.0. The number of aryl methyl sites for hydroxylation is 1. The minimum atomic E-state index is -3.74. The number of aromatic carboxylic acids is 1. The first-order valence-electron chi connectivity index (χ1n) is 8.98. The Morgan fingerprint density at radius 1 is 1.15 bits per heavy atom. The van der Waals surface area contributed by atoms with Gasteiger partial charge in [-0.25, -0.2) is 17.9 Å². The van der Waals surface area contributed by atoms with E-state index in [-0.39, 0.29) is 16.5 Å². The van der Waals surface area contributed by atoms with Crippen LogP contribution >= 0.6 is 0 Å². The first kappa shape index (κ1) is 19.5. The molecule has 1 aliphatic heterocycles. The van der Waals surface area contributed by atoms with E-state index in [1.54, 1.807) is 6.92 Å². The Hall–Kier alpha value is -2.22. The summed E-state index contributed by atoms with van der Waals surface area (Å²) in [5.74, 6) is -1.13. The molecule has 7 heteroatoms. The van der Waals surface area contributed by atoms with Crippen LogP contribution in [0.3, 0.4) is 0 Å². The second kappa shape index (κ2) is 8.21. The largest absolute Gasteiger partial charge is 0.478 e. The Bertz CT molecular complexity index is 905. The third kappa shape index (κ3) is 4.94. The summed E-state index contributed by atoms with van der Waals surface area (Å²) in [6, 6.07) is 14.3. The molecule has 0 atom stereocenters. The van der Waals surface area contributed by atoms with Gasteiger partial charge in [0, 0.05) is 25.7 Å². The lowest BCUT2D eigenvalue weighted by atomic mass is 10.1. The van der Waals surface area contributed by atoms with Gasteiger partial charge in [-0.2, -0.15) is 0 Å². The number of hydrogen-bond acceptors (Lipinski definition) is 4. The Morgan fingerprint density at radius 2 is 1.81 bits per heavy atom. The first-order valence-corrected chi connectivity index (χ1v) is 10.5. The third-order valence-electron chi connectivity index (χ3n) is 4.91. The van der Waals surface area contributed by atoms with Gasteiger partial charge in [0.05, 0.1) is 10.5 Å². The Labute approximate surface area is 159 Å². The number of nitrogens with one attached hydrogen (secondary N) is 1. The molecule has 0 radical (unpaired) electrons. The number of rotatable bonds is 6. The van der Waals surface area contributed by atoms with Gasteiger partial charge in [-0.05, 0) is 43.0 Å². The van der Waals surface area contributed by atoms with Crippen molar-refractivity contribution in [3.05, 3.63) is 65.2 Å². The van der Waals surface area contributed by atoms with Crippen LogP contribution in [0.2, 0.25) is 0 Å². The Morgan fingerprint density at radius 3 is 2.44 bits per heavy atom. The second-order valence-electron chi connectivity index (χ2n) is 6.94. The highest BCUT2D eigenvalue weighted by molar-refractivity contribution is 7.89. The highest BCUT2D eigenvalue weighted by Gasteiger charge is 2.25. The van der Waals surface area contributed by atoms with Crippen molar-refractivity contribution in [2.24, 2.45) is 0 Å². The fourth-order valence-electron chi connectivity index (χ4n) is 3.34. The quantitative estimate of drug-likeness (QED) is 0.794. The van der Waals surface area contributed by atoms with E-state index in [0.717, 1.165) is 32.5 Å². The molecule has 2 N–H and O–H groups in total. The van der Waals surface area contributed by atoms with Crippen LogP contribution in [0.25, 0.3) is 0 Å². The molecule has 0 aliphatic carbocycles. The van der Waals surface area contributed by atoms with E-state index < -0.39 is 16.0 Å². The molecular weight excluding hydrogens is 364 g/mol. The number of carbonyl (C=O) groups is 1. The normalized spacial score (nSPS) is 16.3. The van der Waals surface area contributed by atoms with Crippen LogP contribution in [0.5, 0.6) is 0 Å². The average Bonchev–Trinajstić information content (AvgIpc) is 2.64. The lowest BCUT2D eigenvalue weighted by Gasteiger charge is -2.32. The molecule has 0 unspecified atom stereocenters. The molecule has 0 bridgehead atoms. The maximum absolute atomic E-state index is 12.6. The molecule has 1 saturated heterocycles. The van der Waals surface area contributed by atoms with Gasteiger partial charge in [0.15, 0.2) is 0 Å². The zero-order valence-corrected chi connectivity index (χ0v) is 16.1. The molecule has 2 aromatic carbocycles.